The smallest absolute Gasteiger partial charge is 0.320 e. The second-order valence-corrected chi connectivity index (χ2v) is 5.67. The minimum Gasteiger partial charge on any atom is -0.355 e. The first-order valence-corrected chi connectivity index (χ1v) is 8.10. The van der Waals surface area contributed by atoms with Crippen molar-refractivity contribution in [3.05, 3.63) is 34.9 Å². The molecule has 0 saturated heterocycles. The van der Waals surface area contributed by atoms with Gasteiger partial charge in [-0.1, -0.05) is 11.6 Å². The molecule has 22 heavy (non-hydrogen) atoms. The van der Waals surface area contributed by atoms with E-state index in [1.807, 2.05) is 0 Å². The number of hydrogen-bond acceptors (Lipinski definition) is 3. The first-order valence-electron chi connectivity index (χ1n) is 6.22. The predicted octanol–water partition coefficient (Wildman–Crippen LogP) is 1.39. The molecule has 10 heteroatoms. The molecule has 3 N–H and O–H groups in total. The van der Waals surface area contributed by atoms with Gasteiger partial charge in [0.05, 0.1) is 0 Å². The lowest BCUT2D eigenvalue weighted by Gasteiger charge is -2.22. The molecule has 0 unspecified atom stereocenters. The zero-order valence-corrected chi connectivity index (χ0v) is 14.5. The maximum atomic E-state index is 12.4. The van der Waals surface area contributed by atoms with Crippen molar-refractivity contribution in [2.75, 3.05) is 13.1 Å². The Hall–Kier alpha value is -1.35. The molecule has 0 aromatic heterocycles. The Morgan fingerprint density at radius 1 is 1.32 bits per heavy atom. The predicted molar refractivity (Wildman–Crippen MR) is 89.6 cm³/mol. The number of amides is 1. The Labute approximate surface area is 141 Å². The van der Waals surface area contributed by atoms with E-state index < -0.39 is 16.1 Å². The highest BCUT2D eigenvalue weighted by Gasteiger charge is 2.20. The first kappa shape index (κ1) is 20.6. The Bertz CT molecular complexity index is 632. The standard InChI is InChI=1S/C12H17ClN4O3S.ClH/c1-3-15-12(16-21(14,19)20)17(4-2)11(18)9-5-7-10(13)8-6-9;/h5-8H,3-4H2,1-2H3,(H,15,16)(H2,14,19,20);1H. The van der Waals surface area contributed by atoms with Crippen molar-refractivity contribution in [3.8, 4) is 0 Å². The minimum absolute atomic E-state index is 0. The molecule has 0 aliphatic rings. The van der Waals surface area contributed by atoms with Gasteiger partial charge < -0.3 is 5.32 Å². The summed E-state index contributed by atoms with van der Waals surface area (Å²) in [6.07, 6.45) is 0. The lowest BCUT2D eigenvalue weighted by Crippen LogP contribution is -2.45. The van der Waals surface area contributed by atoms with Crippen LogP contribution in [0.4, 0.5) is 0 Å². The minimum atomic E-state index is -4.11. The number of halogens is 2. The molecule has 0 bridgehead atoms. The third-order valence-electron chi connectivity index (χ3n) is 2.46. The summed E-state index contributed by atoms with van der Waals surface area (Å²) in [6, 6.07) is 6.25. The molecule has 1 amide bonds. The van der Waals surface area contributed by atoms with Crippen LogP contribution in [0, 0.1) is 0 Å². The van der Waals surface area contributed by atoms with E-state index in [1.54, 1.807) is 38.1 Å². The maximum absolute atomic E-state index is 12.4. The number of nitrogens with one attached hydrogen (secondary N) is 1. The fourth-order valence-electron chi connectivity index (χ4n) is 1.59. The number of benzene rings is 1. The Kier molecular flexibility index (Phi) is 8.39. The third kappa shape index (κ3) is 6.18. The van der Waals surface area contributed by atoms with Crippen LogP contribution in [-0.2, 0) is 10.2 Å². The van der Waals surface area contributed by atoms with Gasteiger partial charge in [0.25, 0.3) is 5.91 Å². The number of hydrogen-bond donors (Lipinski definition) is 2. The van der Waals surface area contributed by atoms with E-state index in [1.165, 1.54) is 4.90 Å². The fraction of sp³-hybridized carbons (Fsp3) is 0.333. The average Bonchev–Trinajstić information content (AvgIpc) is 2.38. The van der Waals surface area contributed by atoms with E-state index >= 15 is 0 Å². The molecule has 0 atom stereocenters. The quantitative estimate of drug-likeness (QED) is 0.618. The highest BCUT2D eigenvalue weighted by Crippen LogP contribution is 2.12. The van der Waals surface area contributed by atoms with E-state index in [0.29, 0.717) is 17.1 Å². The van der Waals surface area contributed by atoms with E-state index in [4.69, 9.17) is 16.7 Å². The van der Waals surface area contributed by atoms with Crippen molar-refractivity contribution in [1.82, 2.24) is 10.2 Å². The van der Waals surface area contributed by atoms with Gasteiger partial charge >= 0.3 is 10.2 Å². The Morgan fingerprint density at radius 3 is 2.27 bits per heavy atom. The monoisotopic (exact) mass is 368 g/mol. The molecule has 7 nitrogen and oxygen atoms in total. The summed E-state index contributed by atoms with van der Waals surface area (Å²) in [5.41, 5.74) is 0.362. The topological polar surface area (TPSA) is 105 Å². The van der Waals surface area contributed by atoms with Crippen LogP contribution in [0.1, 0.15) is 24.2 Å². The van der Waals surface area contributed by atoms with Crippen molar-refractivity contribution in [2.24, 2.45) is 9.54 Å². The van der Waals surface area contributed by atoms with Gasteiger partial charge in [-0.05, 0) is 38.1 Å². The maximum Gasteiger partial charge on any atom is 0.320 e. The van der Waals surface area contributed by atoms with Gasteiger partial charge in [-0.3, -0.25) is 9.69 Å². The molecule has 0 saturated carbocycles. The van der Waals surface area contributed by atoms with Gasteiger partial charge in [0.15, 0.2) is 0 Å². The van der Waals surface area contributed by atoms with Crippen LogP contribution in [0.2, 0.25) is 5.02 Å². The lowest BCUT2D eigenvalue weighted by molar-refractivity contribution is 0.0849. The molecule has 0 fully saturated rings. The van der Waals surface area contributed by atoms with Crippen LogP contribution in [0.3, 0.4) is 0 Å². The zero-order chi connectivity index (χ0) is 16.0. The molecule has 0 radical (unpaired) electrons. The highest BCUT2D eigenvalue weighted by atomic mass is 35.5. The van der Waals surface area contributed by atoms with E-state index in [-0.39, 0.29) is 24.9 Å². The number of carbonyl (C=O) groups excluding carboxylic acids is 1. The van der Waals surface area contributed by atoms with Gasteiger partial charge in [0.2, 0.25) is 5.96 Å². The number of carbonyl (C=O) groups is 1. The molecule has 1 aromatic carbocycles. The molecule has 0 aliphatic heterocycles. The molecule has 0 spiro atoms. The summed E-state index contributed by atoms with van der Waals surface area (Å²) in [5.74, 6) is -0.514. The summed E-state index contributed by atoms with van der Waals surface area (Å²) < 4.78 is 25.6. The normalized spacial score (nSPS) is 11.5. The van der Waals surface area contributed by atoms with Crippen molar-refractivity contribution in [1.29, 1.82) is 0 Å². The molecule has 124 valence electrons. The second-order valence-electron chi connectivity index (χ2n) is 4.02. The molecule has 0 heterocycles. The SMILES string of the molecule is CCNC(=NS(N)(=O)=O)N(CC)C(=O)c1ccc(Cl)cc1.Cl. The Morgan fingerprint density at radius 2 is 1.86 bits per heavy atom. The first-order chi connectivity index (χ1) is 9.78. The van der Waals surface area contributed by atoms with Gasteiger partial charge in [0.1, 0.15) is 0 Å². The fourth-order valence-corrected chi connectivity index (χ4v) is 2.12. The Balaban J connectivity index is 0.00000441. The van der Waals surface area contributed by atoms with Crippen LogP contribution in [0.5, 0.6) is 0 Å². The summed E-state index contributed by atoms with van der Waals surface area (Å²) in [7, 11) is -4.11. The van der Waals surface area contributed by atoms with Gasteiger partial charge in [0, 0.05) is 23.7 Å². The van der Waals surface area contributed by atoms with E-state index in [2.05, 4.69) is 9.71 Å². The van der Waals surface area contributed by atoms with Crippen LogP contribution in [-0.4, -0.2) is 38.3 Å². The van der Waals surface area contributed by atoms with Crippen LogP contribution in [0.25, 0.3) is 0 Å². The van der Waals surface area contributed by atoms with Gasteiger partial charge in [-0.25, -0.2) is 5.14 Å². The number of rotatable bonds is 4. The van der Waals surface area contributed by atoms with Crippen molar-refractivity contribution in [3.63, 3.8) is 0 Å². The largest absolute Gasteiger partial charge is 0.355 e. The molecule has 1 aromatic rings. The van der Waals surface area contributed by atoms with Crippen molar-refractivity contribution < 1.29 is 13.2 Å². The summed E-state index contributed by atoms with van der Waals surface area (Å²) in [4.78, 5) is 13.6. The molecule has 0 aliphatic carbocycles. The number of nitrogens with two attached hydrogens (primary N) is 1. The van der Waals surface area contributed by atoms with Gasteiger partial charge in [-0.2, -0.15) is 8.42 Å². The summed E-state index contributed by atoms with van der Waals surface area (Å²) >= 11 is 5.77. The highest BCUT2D eigenvalue weighted by molar-refractivity contribution is 7.88. The van der Waals surface area contributed by atoms with Crippen LogP contribution < -0.4 is 10.5 Å². The summed E-state index contributed by atoms with van der Waals surface area (Å²) in [5, 5.41) is 8.13. The molecular weight excluding hydrogens is 351 g/mol. The molecular formula is C12H18Cl2N4O3S. The zero-order valence-electron chi connectivity index (χ0n) is 12.1. The van der Waals surface area contributed by atoms with Crippen molar-refractivity contribution in [2.45, 2.75) is 13.8 Å². The summed E-state index contributed by atoms with van der Waals surface area (Å²) in [6.45, 7) is 4.06. The molecule has 1 rings (SSSR count). The van der Waals surface area contributed by atoms with Crippen molar-refractivity contribution >= 4 is 46.1 Å². The van der Waals surface area contributed by atoms with E-state index in [9.17, 15) is 13.2 Å². The lowest BCUT2D eigenvalue weighted by atomic mass is 10.2. The number of nitrogens with zero attached hydrogens (tertiary/aromatic N) is 2. The van der Waals surface area contributed by atoms with Gasteiger partial charge in [-0.15, -0.1) is 16.8 Å². The van der Waals surface area contributed by atoms with Crippen LogP contribution >= 0.6 is 24.0 Å². The number of guanidine groups is 1. The van der Waals surface area contributed by atoms with Crippen LogP contribution in [0.15, 0.2) is 28.7 Å². The second kappa shape index (κ2) is 8.94. The average molecular weight is 369 g/mol. The van der Waals surface area contributed by atoms with E-state index in [0.717, 1.165) is 0 Å². The third-order valence-corrected chi connectivity index (χ3v) is 3.14.